The van der Waals surface area contributed by atoms with Gasteiger partial charge in [-0.05, 0) is 93.0 Å². The number of ether oxygens (including phenoxy) is 4. The number of unbranched alkanes of at least 4 members (excludes halogenated alkanes) is 68. The van der Waals surface area contributed by atoms with Crippen molar-refractivity contribution in [3.05, 3.63) is 188 Å². The molecule has 148 heavy (non-hydrogen) atoms. The zero-order chi connectivity index (χ0) is 103. The number of carbonyl (C=O) groups is 4. The Morgan fingerprint density at radius 3 is 0.743 bits per heavy atom. The third-order valence-electron chi connectivity index (χ3n) is 31.7. The van der Waals surface area contributed by atoms with Gasteiger partial charge in [0.1, 0.15) is 11.7 Å². The van der Waals surface area contributed by atoms with Crippen LogP contribution >= 0.6 is 0 Å². The lowest BCUT2D eigenvalue weighted by molar-refractivity contribution is 0.0485. The second-order valence-electron chi connectivity index (χ2n) is 43.8. The maximum Gasteiger partial charge on any atom is 0.339 e. The van der Waals surface area contributed by atoms with Crippen LogP contribution in [-0.4, -0.2) is 91.2 Å². The molecular weight excluding hydrogens is 1830 g/mol. The molecule has 5 aliphatic heterocycles. The van der Waals surface area contributed by atoms with Crippen LogP contribution in [0.5, 0.6) is 0 Å². The third-order valence-corrected chi connectivity index (χ3v) is 31.7. The van der Waals surface area contributed by atoms with Crippen molar-refractivity contribution in [1.29, 1.82) is 0 Å². The molecule has 16 heteroatoms. The van der Waals surface area contributed by atoms with Crippen LogP contribution in [-0.2, 0) is 18.9 Å². The zero-order valence-corrected chi connectivity index (χ0v) is 92.3. The van der Waals surface area contributed by atoms with Gasteiger partial charge in [-0.25, -0.2) is 54.1 Å². The largest absolute Gasteiger partial charge is 0.462 e. The van der Waals surface area contributed by atoms with Crippen LogP contribution in [0.2, 0.25) is 0 Å². The zero-order valence-electron chi connectivity index (χ0n) is 92.3. The molecule has 1 atom stereocenters. The van der Waals surface area contributed by atoms with Gasteiger partial charge in [0.25, 0.3) is 0 Å². The van der Waals surface area contributed by atoms with Crippen molar-refractivity contribution >= 4 is 108 Å². The number of nitrogens with zero attached hydrogens (tertiary/aromatic N) is 7. The summed E-state index contributed by atoms with van der Waals surface area (Å²) < 4.78 is 26.5. The molecule has 5 aliphatic rings. The molecule has 802 valence electrons. The summed E-state index contributed by atoms with van der Waals surface area (Å²) in [4.78, 5) is 104. The Hall–Kier alpha value is -9.83. The lowest BCUT2D eigenvalue weighted by atomic mass is 9.88. The predicted octanol–water partition coefficient (Wildman–Crippen LogP) is 38.1. The van der Waals surface area contributed by atoms with E-state index in [0.29, 0.717) is 81.4 Å². The highest BCUT2D eigenvalue weighted by Crippen LogP contribution is 2.46. The standard InChI is InChI=1S/C132H186N8O8/c1-5-9-13-17-21-25-29-33-37-41-45-49-53-57-61-65-69-81-93-145-129(141)113-105-89-77-79-91-107(105)115(131(143)147-95-83-71-67-63-59-55-51-47-43-39-35-31-27-23-19-15-11-7-3)119-117(113)125-136-123-111-99-103-87-75-73-85-101(103)97-109(111)121(134-123)133-122-110-98-102-86-74-76-88-104(102)100-112(110)124(135-122)137-126-118-114(130(142)146-94-82-70-66-62-58-54-50-46-42-38-34-30-26-22-18-14-10-6-2)106-90-78-80-92-108(106)116(120(118)128(139-126)140-127(119)138-125)132(144)148-96-84-72-68-64-60-56-52-48-44-40-36-32-28-24-20-16-12-8-4/h73-80,85-92,97-100,125H,5-72,81-84,93-96H2,1-4H3,(H,133,134,135,136,137,138,139,140). The van der Waals surface area contributed by atoms with Gasteiger partial charge >= 0.3 is 23.9 Å². The Morgan fingerprint density at radius 1 is 0.216 bits per heavy atom. The molecule has 0 aliphatic carbocycles. The van der Waals surface area contributed by atoms with E-state index in [9.17, 15) is 0 Å². The molecule has 8 bridgehead atoms. The molecular formula is C132H186N8O8. The summed E-state index contributed by atoms with van der Waals surface area (Å²) >= 11 is 0. The van der Waals surface area contributed by atoms with Gasteiger partial charge in [0.05, 0.1) is 48.7 Å². The van der Waals surface area contributed by atoms with E-state index in [0.717, 1.165) is 104 Å². The van der Waals surface area contributed by atoms with Crippen molar-refractivity contribution in [2.45, 2.75) is 496 Å². The van der Waals surface area contributed by atoms with E-state index >= 15 is 19.2 Å². The highest BCUT2D eigenvalue weighted by Gasteiger charge is 2.43. The van der Waals surface area contributed by atoms with Crippen LogP contribution in [0.1, 0.15) is 582 Å². The minimum atomic E-state index is -1.32. The number of fused-ring (bicyclic) bond motifs is 20. The van der Waals surface area contributed by atoms with Gasteiger partial charge in [-0.15, -0.1) is 0 Å². The molecule has 5 heterocycles. The monoisotopic (exact) mass is 2010 g/mol. The van der Waals surface area contributed by atoms with E-state index in [1.165, 1.54) is 360 Å². The fourth-order valence-corrected chi connectivity index (χ4v) is 23.0. The Bertz CT molecular complexity index is 5650. The van der Waals surface area contributed by atoms with Crippen molar-refractivity contribution in [1.82, 2.24) is 5.32 Å². The number of amidine groups is 7. The summed E-state index contributed by atoms with van der Waals surface area (Å²) in [5.41, 5.74) is 4.42. The molecule has 0 saturated heterocycles. The quantitative estimate of drug-likeness (QED) is 0.0218. The van der Waals surface area contributed by atoms with Crippen LogP contribution in [0.3, 0.4) is 0 Å². The first-order valence-electron chi connectivity index (χ1n) is 61.0. The molecule has 0 spiro atoms. The number of hydrogen-bond acceptors (Lipinski definition) is 16. The summed E-state index contributed by atoms with van der Waals surface area (Å²) in [5.74, 6) is -0.928. The average Bonchev–Trinajstić information content (AvgIpc) is 1.55. The fourth-order valence-electron chi connectivity index (χ4n) is 23.0. The van der Waals surface area contributed by atoms with Crippen LogP contribution in [0.4, 0.5) is 0 Å². The third kappa shape index (κ3) is 36.2. The number of hydrogen-bond donors (Lipinski definition) is 1. The SMILES string of the molecule is CCCCCCCCCCCCCCCCCCCCOC(=O)c1c2c(c(C(=O)OCCCCCCCCCCCCCCCCCCCC)c3ccccc13)C1=NC2=NC2=NC(N=C3N=C(N=C4N=C(N1)c1cc5ccccc5cc14)c1cc4ccccc4cc13)c1c2c(C(=O)OCCCCCCCCCCCCCCCCCCCC)c2ccccc2c1C(=O)OCCCCCCCCCCCCCCCCCCCC. The minimum Gasteiger partial charge on any atom is -0.462 e. The van der Waals surface area contributed by atoms with Gasteiger partial charge in [-0.3, -0.25) is 0 Å². The topological polar surface area (TPSA) is 204 Å². The van der Waals surface area contributed by atoms with Gasteiger partial charge in [0.2, 0.25) is 0 Å². The number of rotatable bonds is 80. The van der Waals surface area contributed by atoms with E-state index in [2.05, 4.69) is 81.5 Å². The van der Waals surface area contributed by atoms with E-state index in [1.54, 1.807) is 0 Å². The van der Waals surface area contributed by atoms with Gasteiger partial charge in [0.15, 0.2) is 35.3 Å². The smallest absolute Gasteiger partial charge is 0.339 e. The second kappa shape index (κ2) is 67.5. The number of aliphatic imine (C=N–C) groups is 7. The van der Waals surface area contributed by atoms with E-state index < -0.39 is 30.0 Å². The molecule has 13 rings (SSSR count). The molecule has 0 saturated carbocycles. The average molecular weight is 2010 g/mol. The summed E-state index contributed by atoms with van der Waals surface area (Å²) in [6.07, 6.45) is 87.5. The van der Waals surface area contributed by atoms with Gasteiger partial charge in [-0.2, -0.15) is 0 Å². The van der Waals surface area contributed by atoms with Crippen molar-refractivity contribution in [3.63, 3.8) is 0 Å². The summed E-state index contributed by atoms with van der Waals surface area (Å²) in [7, 11) is 0. The normalized spacial score (nSPS) is 13.8. The summed E-state index contributed by atoms with van der Waals surface area (Å²) in [6, 6.07) is 39.8. The van der Waals surface area contributed by atoms with Crippen LogP contribution in [0, 0.1) is 0 Å². The van der Waals surface area contributed by atoms with Crippen molar-refractivity contribution in [2.75, 3.05) is 26.4 Å². The number of nitrogens with one attached hydrogen (secondary N) is 1. The lowest BCUT2D eigenvalue weighted by Crippen LogP contribution is -2.32. The molecule has 16 nitrogen and oxygen atoms in total. The molecule has 0 radical (unpaired) electrons. The minimum absolute atomic E-state index is 0.00781. The van der Waals surface area contributed by atoms with Crippen LogP contribution in [0.15, 0.2) is 156 Å². The first-order valence-corrected chi connectivity index (χ1v) is 61.0. The van der Waals surface area contributed by atoms with Crippen molar-refractivity contribution in [2.24, 2.45) is 34.9 Å². The molecule has 0 fully saturated rings. The maximum absolute atomic E-state index is 16.3. The molecule has 1 N–H and O–H groups in total. The second-order valence-corrected chi connectivity index (χ2v) is 43.8. The van der Waals surface area contributed by atoms with E-state index in [1.807, 2.05) is 72.8 Å². The number of benzene rings is 8. The fraction of sp³-hybridized carbons (Fsp3) is 0.614. The summed E-state index contributed by atoms with van der Waals surface area (Å²) in [5, 5.41) is 9.40. The van der Waals surface area contributed by atoms with Gasteiger partial charge in [-0.1, -0.05) is 561 Å². The number of esters is 4. The predicted molar refractivity (Wildman–Crippen MR) is 624 cm³/mol. The van der Waals surface area contributed by atoms with Crippen molar-refractivity contribution in [3.8, 4) is 0 Å². The van der Waals surface area contributed by atoms with Gasteiger partial charge in [0, 0.05) is 44.5 Å². The van der Waals surface area contributed by atoms with E-state index in [-0.39, 0.29) is 94.3 Å². The van der Waals surface area contributed by atoms with Crippen molar-refractivity contribution < 1.29 is 38.1 Å². The first kappa shape index (κ1) is 115. The molecule has 8 aromatic rings. The lowest BCUT2D eigenvalue weighted by Gasteiger charge is -2.19. The molecule has 0 aromatic heterocycles. The highest BCUT2D eigenvalue weighted by molar-refractivity contribution is 6.39. The molecule has 0 amide bonds. The number of carbonyl (C=O) groups excluding carboxylic acids is 4. The highest BCUT2D eigenvalue weighted by atomic mass is 16.5. The Morgan fingerprint density at radius 2 is 0.432 bits per heavy atom. The Balaban J connectivity index is 0.836. The maximum atomic E-state index is 16.3. The Kier molecular flexibility index (Phi) is 52.5. The van der Waals surface area contributed by atoms with Crippen LogP contribution < -0.4 is 5.32 Å². The summed E-state index contributed by atoms with van der Waals surface area (Å²) in [6.45, 7) is 9.76. The molecule has 1 unspecified atom stereocenters. The van der Waals surface area contributed by atoms with Crippen LogP contribution in [0.25, 0.3) is 43.1 Å². The molecule has 8 aromatic carbocycles. The van der Waals surface area contributed by atoms with E-state index in [4.69, 9.17) is 53.9 Å². The Labute approximate surface area is 891 Å². The van der Waals surface area contributed by atoms with Gasteiger partial charge < -0.3 is 24.3 Å². The first-order chi connectivity index (χ1) is 73.2.